The number of nitrogens with zero attached hydrogens (tertiary/aromatic N) is 4. The average molecular weight is 933 g/mol. The zero-order valence-corrected chi connectivity index (χ0v) is 39.2. The highest BCUT2D eigenvalue weighted by molar-refractivity contribution is 6.15. The Hall–Kier alpha value is -10.1. The minimum absolute atomic E-state index is 0.564. The van der Waals surface area contributed by atoms with Gasteiger partial charge in [0, 0.05) is 44.0 Å². The second kappa shape index (κ2) is 16.5. The Morgan fingerprint density at radius 1 is 0.411 bits per heavy atom. The zero-order valence-electron chi connectivity index (χ0n) is 39.2. The summed E-state index contributed by atoms with van der Waals surface area (Å²) in [7, 11) is 0. The van der Waals surface area contributed by atoms with Gasteiger partial charge in [-0.1, -0.05) is 164 Å². The van der Waals surface area contributed by atoms with Gasteiger partial charge in [0.05, 0.1) is 40.7 Å². The standard InChI is InChI=1S/C67H40N4O2/c1-69-46-32-36-48(37-33-46)71(60-27-15-25-55-52-22-11-13-29-63(52)73-66(55)60)61-41-58-64(53-23-9-8-20-50(53)61)56-39-38-49(40-57(56)67(58,44-16-4-2-5-17-44)45-18-6-3-7-19-45)70(47-34-30-43(42-68)31-35-47)59-26-14-24-54-51-21-10-12-28-62(51)72-65(54)59/h2-41H. The van der Waals surface area contributed by atoms with Crippen LogP contribution in [0.2, 0.25) is 0 Å². The average Bonchev–Trinajstić information content (AvgIpc) is 4.13. The fourth-order valence-corrected chi connectivity index (χ4v) is 11.6. The van der Waals surface area contributed by atoms with Crippen LogP contribution in [-0.4, -0.2) is 0 Å². The summed E-state index contributed by atoms with van der Waals surface area (Å²) in [5.41, 5.74) is 15.7. The van der Waals surface area contributed by atoms with E-state index >= 15 is 0 Å². The Bertz CT molecular complexity index is 4370. The molecule has 0 amide bonds. The summed E-state index contributed by atoms with van der Waals surface area (Å²) >= 11 is 0. The van der Waals surface area contributed by atoms with E-state index in [1.165, 1.54) is 0 Å². The fourth-order valence-electron chi connectivity index (χ4n) is 11.6. The molecule has 1 aliphatic rings. The second-order valence-electron chi connectivity index (χ2n) is 18.5. The number of para-hydroxylation sites is 4. The van der Waals surface area contributed by atoms with Crippen molar-refractivity contribution >= 4 is 94.5 Å². The number of furan rings is 2. The molecule has 0 saturated carbocycles. The Morgan fingerprint density at radius 3 is 1.49 bits per heavy atom. The maximum atomic E-state index is 9.95. The van der Waals surface area contributed by atoms with E-state index in [1.807, 2.05) is 78.9 Å². The van der Waals surface area contributed by atoms with Crippen LogP contribution < -0.4 is 9.80 Å². The van der Waals surface area contributed by atoms with Gasteiger partial charge in [-0.05, 0) is 118 Å². The van der Waals surface area contributed by atoms with Gasteiger partial charge in [0.25, 0.3) is 0 Å². The molecule has 340 valence electrons. The molecular formula is C67H40N4O2. The molecule has 11 aromatic carbocycles. The van der Waals surface area contributed by atoms with Crippen molar-refractivity contribution in [2.75, 3.05) is 9.80 Å². The predicted octanol–water partition coefficient (Wildman–Crippen LogP) is 18.4. The van der Waals surface area contributed by atoms with Crippen LogP contribution in [0.1, 0.15) is 27.8 Å². The summed E-state index contributed by atoms with van der Waals surface area (Å²) in [6.45, 7) is 7.87. The number of nitriles is 1. The third kappa shape index (κ3) is 6.28. The van der Waals surface area contributed by atoms with Crippen LogP contribution in [-0.2, 0) is 5.41 Å². The van der Waals surface area contributed by atoms with Gasteiger partial charge in [-0.15, -0.1) is 0 Å². The largest absolute Gasteiger partial charge is 0.454 e. The normalized spacial score (nSPS) is 12.5. The number of anilines is 6. The highest BCUT2D eigenvalue weighted by Crippen LogP contribution is 2.61. The fraction of sp³-hybridized carbons (Fsp3) is 0.0149. The predicted molar refractivity (Wildman–Crippen MR) is 296 cm³/mol. The Morgan fingerprint density at radius 2 is 0.904 bits per heavy atom. The first kappa shape index (κ1) is 41.8. The summed E-state index contributed by atoms with van der Waals surface area (Å²) in [6.07, 6.45) is 0. The lowest BCUT2D eigenvalue weighted by atomic mass is 9.67. The molecule has 2 aromatic heterocycles. The van der Waals surface area contributed by atoms with Crippen LogP contribution >= 0.6 is 0 Å². The van der Waals surface area contributed by atoms with E-state index < -0.39 is 5.41 Å². The summed E-state index contributed by atoms with van der Waals surface area (Å²) in [6, 6.07) is 86.9. The first-order chi connectivity index (χ1) is 36.1. The van der Waals surface area contributed by atoms with E-state index in [2.05, 4.69) is 185 Å². The van der Waals surface area contributed by atoms with E-state index in [4.69, 9.17) is 15.4 Å². The second-order valence-corrected chi connectivity index (χ2v) is 18.5. The molecule has 0 atom stereocenters. The van der Waals surface area contributed by atoms with E-state index in [1.54, 1.807) is 0 Å². The molecule has 0 unspecified atom stereocenters. The molecule has 6 nitrogen and oxygen atoms in total. The lowest BCUT2D eigenvalue weighted by molar-refractivity contribution is 0.668. The molecule has 2 heterocycles. The van der Waals surface area contributed by atoms with Crippen LogP contribution in [0.5, 0.6) is 0 Å². The molecule has 14 rings (SSSR count). The molecule has 0 N–H and O–H groups in total. The van der Waals surface area contributed by atoms with Crippen molar-refractivity contribution in [3.63, 3.8) is 0 Å². The molecule has 1 aliphatic carbocycles. The van der Waals surface area contributed by atoms with E-state index in [9.17, 15) is 5.26 Å². The van der Waals surface area contributed by atoms with Crippen molar-refractivity contribution in [1.29, 1.82) is 5.26 Å². The van der Waals surface area contributed by atoms with Gasteiger partial charge in [0.1, 0.15) is 11.2 Å². The van der Waals surface area contributed by atoms with Crippen molar-refractivity contribution in [1.82, 2.24) is 0 Å². The van der Waals surface area contributed by atoms with Crippen molar-refractivity contribution in [2.45, 2.75) is 5.41 Å². The van der Waals surface area contributed by atoms with Crippen molar-refractivity contribution in [3.8, 4) is 17.2 Å². The molecule has 0 fully saturated rings. The van der Waals surface area contributed by atoms with E-state index in [0.29, 0.717) is 11.3 Å². The molecule has 0 radical (unpaired) electrons. The van der Waals surface area contributed by atoms with E-state index in [0.717, 1.165) is 122 Å². The number of hydrogen-bond donors (Lipinski definition) is 0. The molecule has 0 aliphatic heterocycles. The lowest BCUT2D eigenvalue weighted by Gasteiger charge is -2.36. The highest BCUT2D eigenvalue weighted by atomic mass is 16.3. The summed E-state index contributed by atoms with van der Waals surface area (Å²) in [5.74, 6) is 0. The lowest BCUT2D eigenvalue weighted by Crippen LogP contribution is -2.29. The van der Waals surface area contributed by atoms with Crippen molar-refractivity contribution in [2.24, 2.45) is 0 Å². The number of benzene rings is 11. The Kier molecular flexibility index (Phi) is 9.44. The Balaban J connectivity index is 1.09. The summed E-state index contributed by atoms with van der Waals surface area (Å²) in [5, 5.41) is 16.3. The third-order valence-corrected chi connectivity index (χ3v) is 14.8. The van der Waals surface area contributed by atoms with Crippen LogP contribution in [0.25, 0.3) is 70.6 Å². The maximum Gasteiger partial charge on any atom is 0.187 e. The van der Waals surface area contributed by atoms with Crippen molar-refractivity contribution < 1.29 is 8.83 Å². The van der Waals surface area contributed by atoms with Gasteiger partial charge in [0.15, 0.2) is 16.9 Å². The van der Waals surface area contributed by atoms with Gasteiger partial charge in [-0.3, -0.25) is 0 Å². The molecule has 0 spiro atoms. The third-order valence-electron chi connectivity index (χ3n) is 14.8. The quantitative estimate of drug-likeness (QED) is 0.142. The van der Waals surface area contributed by atoms with Crippen LogP contribution in [0.3, 0.4) is 0 Å². The number of rotatable bonds is 8. The minimum Gasteiger partial charge on any atom is -0.454 e. The first-order valence-electron chi connectivity index (χ1n) is 24.3. The van der Waals surface area contributed by atoms with Crippen LogP contribution in [0.15, 0.2) is 251 Å². The number of hydrogen-bond acceptors (Lipinski definition) is 5. The van der Waals surface area contributed by atoms with Gasteiger partial charge >= 0.3 is 0 Å². The summed E-state index contributed by atoms with van der Waals surface area (Å²) < 4.78 is 13.6. The van der Waals surface area contributed by atoms with Crippen LogP contribution in [0.4, 0.5) is 39.8 Å². The Labute approximate surface area is 420 Å². The maximum absolute atomic E-state index is 9.95. The highest BCUT2D eigenvalue weighted by Gasteiger charge is 2.48. The molecule has 6 heteroatoms. The first-order valence-corrected chi connectivity index (χ1v) is 24.3. The van der Waals surface area contributed by atoms with Gasteiger partial charge in [0.2, 0.25) is 0 Å². The monoisotopic (exact) mass is 932 g/mol. The number of fused-ring (bicyclic) bond motifs is 11. The SMILES string of the molecule is [C-]#[N+]c1ccc(N(c2cc3c(c4ccccc24)-c2ccc(N(c4ccc(C#N)cc4)c4cccc5c4oc4ccccc45)cc2C3(c2ccccc2)c2ccccc2)c2cccc3c2oc2ccccc23)cc1. The minimum atomic E-state index is -0.839. The smallest absolute Gasteiger partial charge is 0.187 e. The molecular weight excluding hydrogens is 893 g/mol. The van der Waals surface area contributed by atoms with Gasteiger partial charge < -0.3 is 18.6 Å². The van der Waals surface area contributed by atoms with Gasteiger partial charge in [-0.25, -0.2) is 4.85 Å². The van der Waals surface area contributed by atoms with Crippen molar-refractivity contribution in [3.05, 3.63) is 282 Å². The summed E-state index contributed by atoms with van der Waals surface area (Å²) in [4.78, 5) is 8.37. The zero-order chi connectivity index (χ0) is 48.6. The molecule has 0 saturated heterocycles. The molecule has 0 bridgehead atoms. The molecule has 13 aromatic rings. The molecule has 73 heavy (non-hydrogen) atoms. The van der Waals surface area contributed by atoms with Gasteiger partial charge in [-0.2, -0.15) is 5.26 Å². The van der Waals surface area contributed by atoms with E-state index in [-0.39, 0.29) is 0 Å². The van der Waals surface area contributed by atoms with Crippen LogP contribution in [0, 0.1) is 17.9 Å². The topological polar surface area (TPSA) is 60.9 Å².